The van der Waals surface area contributed by atoms with Crippen molar-refractivity contribution in [3.8, 4) is 0 Å². The number of carboxylic acids is 1. The SMILES string of the molecule is CCCc1cccc2c1NC(CC(=O)O)C2. The summed E-state index contributed by atoms with van der Waals surface area (Å²) in [4.78, 5) is 10.7. The number of hydrogen-bond donors (Lipinski definition) is 2. The number of fused-ring (bicyclic) bond motifs is 1. The fourth-order valence-corrected chi connectivity index (χ4v) is 2.34. The van der Waals surface area contributed by atoms with Gasteiger partial charge >= 0.3 is 5.97 Å². The first-order valence-corrected chi connectivity index (χ1v) is 5.79. The fraction of sp³-hybridized carbons (Fsp3) is 0.462. The zero-order valence-corrected chi connectivity index (χ0v) is 9.49. The van der Waals surface area contributed by atoms with E-state index in [0.717, 1.165) is 19.3 Å². The molecule has 0 aliphatic carbocycles. The third kappa shape index (κ3) is 2.18. The Bertz CT molecular complexity index is 401. The van der Waals surface area contributed by atoms with Crippen LogP contribution < -0.4 is 5.32 Å². The van der Waals surface area contributed by atoms with E-state index in [-0.39, 0.29) is 12.5 Å². The molecular formula is C13H17NO2. The zero-order chi connectivity index (χ0) is 11.5. The summed E-state index contributed by atoms with van der Waals surface area (Å²) < 4.78 is 0. The second kappa shape index (κ2) is 4.56. The number of para-hydroxylation sites is 1. The maximum absolute atomic E-state index is 10.7. The standard InChI is InChI=1S/C13H17NO2/c1-2-4-9-5-3-6-10-7-11(8-12(15)16)14-13(9)10/h3,5-6,11,14H,2,4,7-8H2,1H3,(H,15,16). The van der Waals surface area contributed by atoms with Gasteiger partial charge in [0.1, 0.15) is 0 Å². The Labute approximate surface area is 95.5 Å². The van der Waals surface area contributed by atoms with Gasteiger partial charge in [0.2, 0.25) is 0 Å². The second-order valence-electron chi connectivity index (χ2n) is 4.34. The quantitative estimate of drug-likeness (QED) is 0.817. The highest BCUT2D eigenvalue weighted by Crippen LogP contribution is 2.31. The third-order valence-electron chi connectivity index (χ3n) is 2.99. The molecule has 1 atom stereocenters. The third-order valence-corrected chi connectivity index (χ3v) is 2.99. The van der Waals surface area contributed by atoms with Crippen LogP contribution in [0.4, 0.5) is 5.69 Å². The Kier molecular flexibility index (Phi) is 3.13. The monoisotopic (exact) mass is 219 g/mol. The van der Waals surface area contributed by atoms with Crippen LogP contribution in [-0.2, 0) is 17.6 Å². The van der Waals surface area contributed by atoms with E-state index in [9.17, 15) is 4.79 Å². The van der Waals surface area contributed by atoms with Gasteiger partial charge in [-0.15, -0.1) is 0 Å². The molecule has 1 aromatic carbocycles. The van der Waals surface area contributed by atoms with Gasteiger partial charge in [-0.25, -0.2) is 0 Å². The molecular weight excluding hydrogens is 202 g/mol. The summed E-state index contributed by atoms with van der Waals surface area (Å²) in [5.74, 6) is -0.734. The van der Waals surface area contributed by atoms with Crippen LogP contribution >= 0.6 is 0 Å². The van der Waals surface area contributed by atoms with Crippen molar-refractivity contribution in [1.82, 2.24) is 0 Å². The van der Waals surface area contributed by atoms with Crippen molar-refractivity contribution in [1.29, 1.82) is 0 Å². The summed E-state index contributed by atoms with van der Waals surface area (Å²) in [5, 5.41) is 12.1. The second-order valence-corrected chi connectivity index (χ2v) is 4.34. The molecule has 86 valence electrons. The molecule has 0 spiro atoms. The molecule has 1 unspecified atom stereocenters. The van der Waals surface area contributed by atoms with Crippen LogP contribution in [0.2, 0.25) is 0 Å². The lowest BCUT2D eigenvalue weighted by Gasteiger charge is -2.10. The van der Waals surface area contributed by atoms with Gasteiger partial charge in [-0.1, -0.05) is 31.5 Å². The molecule has 1 aliphatic heterocycles. The molecule has 1 aromatic rings. The summed E-state index contributed by atoms with van der Waals surface area (Å²) in [7, 11) is 0. The average Bonchev–Trinajstić information content (AvgIpc) is 2.60. The minimum absolute atomic E-state index is 0.0607. The lowest BCUT2D eigenvalue weighted by Crippen LogP contribution is -2.19. The molecule has 1 aliphatic rings. The highest BCUT2D eigenvalue weighted by molar-refractivity contribution is 5.71. The highest BCUT2D eigenvalue weighted by atomic mass is 16.4. The number of anilines is 1. The van der Waals surface area contributed by atoms with Crippen LogP contribution in [0.3, 0.4) is 0 Å². The molecule has 0 fully saturated rings. The van der Waals surface area contributed by atoms with E-state index >= 15 is 0 Å². The summed E-state index contributed by atoms with van der Waals surface area (Å²) in [6, 6.07) is 6.33. The molecule has 2 rings (SSSR count). The molecule has 0 radical (unpaired) electrons. The van der Waals surface area contributed by atoms with E-state index in [2.05, 4.69) is 30.4 Å². The fourth-order valence-electron chi connectivity index (χ4n) is 2.34. The van der Waals surface area contributed by atoms with E-state index < -0.39 is 5.97 Å². The lowest BCUT2D eigenvalue weighted by molar-refractivity contribution is -0.137. The predicted molar refractivity (Wildman–Crippen MR) is 63.8 cm³/mol. The Morgan fingerprint density at radius 1 is 1.56 bits per heavy atom. The Morgan fingerprint density at radius 3 is 3.06 bits per heavy atom. The summed E-state index contributed by atoms with van der Waals surface area (Å²) in [6.07, 6.45) is 3.19. The molecule has 3 heteroatoms. The zero-order valence-electron chi connectivity index (χ0n) is 9.49. The number of rotatable bonds is 4. The molecule has 1 heterocycles. The topological polar surface area (TPSA) is 49.3 Å². The molecule has 0 aromatic heterocycles. The number of hydrogen-bond acceptors (Lipinski definition) is 2. The normalized spacial score (nSPS) is 17.9. The van der Waals surface area contributed by atoms with Crippen LogP contribution in [0.25, 0.3) is 0 Å². The number of nitrogens with one attached hydrogen (secondary N) is 1. The average molecular weight is 219 g/mol. The molecule has 0 saturated carbocycles. The van der Waals surface area contributed by atoms with Crippen molar-refractivity contribution < 1.29 is 9.90 Å². The van der Waals surface area contributed by atoms with E-state index in [1.165, 1.54) is 16.8 Å². The van der Waals surface area contributed by atoms with Gasteiger partial charge in [0.15, 0.2) is 0 Å². The van der Waals surface area contributed by atoms with E-state index in [4.69, 9.17) is 5.11 Å². The van der Waals surface area contributed by atoms with Gasteiger partial charge in [-0.3, -0.25) is 4.79 Å². The van der Waals surface area contributed by atoms with Crippen molar-refractivity contribution in [2.75, 3.05) is 5.32 Å². The van der Waals surface area contributed by atoms with Crippen molar-refractivity contribution in [2.24, 2.45) is 0 Å². The number of carbonyl (C=O) groups is 1. The van der Waals surface area contributed by atoms with Crippen molar-refractivity contribution in [3.05, 3.63) is 29.3 Å². The first kappa shape index (κ1) is 11.0. The maximum atomic E-state index is 10.7. The first-order chi connectivity index (χ1) is 7.70. The molecule has 2 N–H and O–H groups in total. The summed E-state index contributed by atoms with van der Waals surface area (Å²) in [6.45, 7) is 2.16. The smallest absolute Gasteiger partial charge is 0.305 e. The maximum Gasteiger partial charge on any atom is 0.305 e. The van der Waals surface area contributed by atoms with Gasteiger partial charge in [0.05, 0.1) is 6.42 Å². The van der Waals surface area contributed by atoms with Crippen LogP contribution in [0, 0.1) is 0 Å². The minimum atomic E-state index is -0.734. The van der Waals surface area contributed by atoms with Crippen LogP contribution in [0.15, 0.2) is 18.2 Å². The van der Waals surface area contributed by atoms with Gasteiger partial charge < -0.3 is 10.4 Å². The Hall–Kier alpha value is -1.51. The highest BCUT2D eigenvalue weighted by Gasteiger charge is 2.24. The predicted octanol–water partition coefficient (Wildman–Crippen LogP) is 2.45. The van der Waals surface area contributed by atoms with Gasteiger partial charge in [0, 0.05) is 11.7 Å². The number of aryl methyl sites for hydroxylation is 1. The Morgan fingerprint density at radius 2 is 2.38 bits per heavy atom. The molecule has 0 bridgehead atoms. The van der Waals surface area contributed by atoms with E-state index in [1.54, 1.807) is 0 Å². The molecule has 3 nitrogen and oxygen atoms in total. The molecule has 0 saturated heterocycles. The number of benzene rings is 1. The van der Waals surface area contributed by atoms with Gasteiger partial charge in [-0.2, -0.15) is 0 Å². The van der Waals surface area contributed by atoms with Crippen molar-refractivity contribution in [2.45, 2.75) is 38.6 Å². The van der Waals surface area contributed by atoms with E-state index in [0.29, 0.717) is 0 Å². The van der Waals surface area contributed by atoms with Crippen LogP contribution in [0.1, 0.15) is 30.9 Å². The lowest BCUT2D eigenvalue weighted by atomic mass is 10.0. The van der Waals surface area contributed by atoms with Crippen molar-refractivity contribution in [3.63, 3.8) is 0 Å². The first-order valence-electron chi connectivity index (χ1n) is 5.79. The van der Waals surface area contributed by atoms with Crippen LogP contribution in [0.5, 0.6) is 0 Å². The minimum Gasteiger partial charge on any atom is -0.481 e. The summed E-state index contributed by atoms with van der Waals surface area (Å²) in [5.41, 5.74) is 3.75. The van der Waals surface area contributed by atoms with E-state index in [1.807, 2.05) is 0 Å². The molecule has 0 amide bonds. The summed E-state index contributed by atoms with van der Waals surface area (Å²) >= 11 is 0. The number of carboxylic acid groups (broad SMARTS) is 1. The van der Waals surface area contributed by atoms with Gasteiger partial charge in [-0.05, 0) is 24.0 Å². The Balaban J connectivity index is 2.16. The van der Waals surface area contributed by atoms with Gasteiger partial charge in [0.25, 0.3) is 0 Å². The van der Waals surface area contributed by atoms with Crippen LogP contribution in [-0.4, -0.2) is 17.1 Å². The van der Waals surface area contributed by atoms with Crippen molar-refractivity contribution >= 4 is 11.7 Å². The largest absolute Gasteiger partial charge is 0.481 e. The molecule has 16 heavy (non-hydrogen) atoms. The number of aliphatic carboxylic acids is 1.